The van der Waals surface area contributed by atoms with Crippen LogP contribution in [-0.4, -0.2) is 19.5 Å². The number of rotatable bonds is 3. The Morgan fingerprint density at radius 2 is 2.26 bits per heavy atom. The van der Waals surface area contributed by atoms with Crippen LogP contribution in [-0.2, 0) is 6.54 Å². The third-order valence-electron chi connectivity index (χ3n) is 3.01. The Morgan fingerprint density at radius 1 is 1.42 bits per heavy atom. The molecule has 0 amide bonds. The maximum atomic E-state index is 5.76. The summed E-state index contributed by atoms with van der Waals surface area (Å²) in [6, 6.07) is 0. The van der Waals surface area contributed by atoms with Crippen LogP contribution in [0.1, 0.15) is 17.0 Å². The Bertz CT molecular complexity index is 709. The van der Waals surface area contributed by atoms with Crippen LogP contribution < -0.4 is 11.1 Å². The molecule has 3 aromatic heterocycles. The summed E-state index contributed by atoms with van der Waals surface area (Å²) in [7, 11) is 0. The first kappa shape index (κ1) is 11.5. The fourth-order valence-electron chi connectivity index (χ4n) is 2.00. The average Bonchev–Trinajstić information content (AvgIpc) is 2.95. The minimum absolute atomic E-state index is 0.437. The van der Waals surface area contributed by atoms with Gasteiger partial charge in [-0.2, -0.15) is 0 Å². The summed E-state index contributed by atoms with van der Waals surface area (Å²) in [6.45, 7) is 4.36. The summed E-state index contributed by atoms with van der Waals surface area (Å²) >= 11 is 0. The molecule has 3 aromatic rings. The van der Waals surface area contributed by atoms with Crippen LogP contribution in [0, 0.1) is 13.8 Å². The molecule has 0 spiro atoms. The normalized spacial score (nSPS) is 11.1. The van der Waals surface area contributed by atoms with Gasteiger partial charge in [-0.1, -0.05) is 5.16 Å². The molecule has 0 radical (unpaired) electrons. The van der Waals surface area contributed by atoms with Crippen molar-refractivity contribution in [3.05, 3.63) is 35.6 Å². The number of nitrogens with zero attached hydrogens (tertiary/aromatic N) is 4. The summed E-state index contributed by atoms with van der Waals surface area (Å²) in [5.74, 6) is 1.88. The van der Waals surface area contributed by atoms with Crippen LogP contribution in [0.4, 0.5) is 11.6 Å². The SMILES string of the molecule is Cc1noc(C)c1CNc1nc(N)cn2ccnc12. The first-order chi connectivity index (χ1) is 9.15. The molecular formula is C12H14N6O. The van der Waals surface area contributed by atoms with E-state index in [1.165, 1.54) is 0 Å². The van der Waals surface area contributed by atoms with Crippen molar-refractivity contribution in [3.63, 3.8) is 0 Å². The number of nitrogens with one attached hydrogen (secondary N) is 1. The van der Waals surface area contributed by atoms with E-state index in [1.807, 2.05) is 24.4 Å². The summed E-state index contributed by atoms with van der Waals surface area (Å²) in [5, 5.41) is 7.14. The molecule has 0 aliphatic heterocycles. The average molecular weight is 258 g/mol. The molecule has 7 heteroatoms. The molecule has 3 N–H and O–H groups in total. The van der Waals surface area contributed by atoms with Crippen LogP contribution in [0.5, 0.6) is 0 Å². The second-order valence-electron chi connectivity index (χ2n) is 4.33. The number of nitrogen functional groups attached to an aromatic ring is 1. The highest BCUT2D eigenvalue weighted by Crippen LogP contribution is 2.18. The summed E-state index contributed by atoms with van der Waals surface area (Å²) in [5.41, 5.74) is 8.39. The van der Waals surface area contributed by atoms with Crippen molar-refractivity contribution < 1.29 is 4.52 Å². The highest BCUT2D eigenvalue weighted by Gasteiger charge is 2.11. The zero-order valence-corrected chi connectivity index (χ0v) is 10.7. The number of hydrogen-bond donors (Lipinski definition) is 2. The van der Waals surface area contributed by atoms with E-state index >= 15 is 0 Å². The van der Waals surface area contributed by atoms with Gasteiger partial charge in [0.05, 0.1) is 11.9 Å². The number of anilines is 2. The number of hydrogen-bond acceptors (Lipinski definition) is 6. The third-order valence-corrected chi connectivity index (χ3v) is 3.01. The first-order valence-electron chi connectivity index (χ1n) is 5.90. The van der Waals surface area contributed by atoms with Crippen molar-refractivity contribution in [2.45, 2.75) is 20.4 Å². The van der Waals surface area contributed by atoms with Gasteiger partial charge in [-0.3, -0.25) is 0 Å². The van der Waals surface area contributed by atoms with Gasteiger partial charge in [0.25, 0.3) is 0 Å². The number of aromatic nitrogens is 4. The number of nitrogens with two attached hydrogens (primary N) is 1. The Morgan fingerprint density at radius 3 is 3.00 bits per heavy atom. The largest absolute Gasteiger partial charge is 0.382 e. The fraction of sp³-hybridized carbons (Fsp3) is 0.250. The molecule has 19 heavy (non-hydrogen) atoms. The Hall–Kier alpha value is -2.57. The molecule has 7 nitrogen and oxygen atoms in total. The van der Waals surface area contributed by atoms with E-state index in [0.29, 0.717) is 18.2 Å². The van der Waals surface area contributed by atoms with Gasteiger partial charge in [-0.25, -0.2) is 9.97 Å². The van der Waals surface area contributed by atoms with Crippen molar-refractivity contribution >= 4 is 17.3 Å². The van der Waals surface area contributed by atoms with Gasteiger partial charge in [0.1, 0.15) is 11.6 Å². The molecule has 98 valence electrons. The van der Waals surface area contributed by atoms with Gasteiger partial charge >= 0.3 is 0 Å². The van der Waals surface area contributed by atoms with E-state index in [4.69, 9.17) is 10.3 Å². The van der Waals surface area contributed by atoms with Gasteiger partial charge in [-0.15, -0.1) is 0 Å². The van der Waals surface area contributed by atoms with Crippen LogP contribution in [0.3, 0.4) is 0 Å². The van der Waals surface area contributed by atoms with Crippen molar-refractivity contribution in [1.29, 1.82) is 0 Å². The Labute approximate surface area is 109 Å². The highest BCUT2D eigenvalue weighted by atomic mass is 16.5. The third kappa shape index (κ3) is 1.99. The quantitative estimate of drug-likeness (QED) is 0.739. The number of imidazole rings is 1. The molecule has 0 saturated carbocycles. The predicted molar refractivity (Wildman–Crippen MR) is 70.7 cm³/mol. The first-order valence-corrected chi connectivity index (χ1v) is 5.90. The van der Waals surface area contributed by atoms with E-state index in [-0.39, 0.29) is 0 Å². The Kier molecular flexibility index (Phi) is 2.59. The smallest absolute Gasteiger partial charge is 0.180 e. The van der Waals surface area contributed by atoms with E-state index in [9.17, 15) is 0 Å². The standard InChI is InChI=1S/C12H14N6O/c1-7-9(8(2)19-17-7)5-15-11-12-14-3-4-18(12)6-10(13)16-11/h3-4,6H,5,13H2,1-2H3,(H,15,16). The molecule has 0 atom stereocenters. The second-order valence-corrected chi connectivity index (χ2v) is 4.33. The van der Waals surface area contributed by atoms with Crippen molar-refractivity contribution in [3.8, 4) is 0 Å². The van der Waals surface area contributed by atoms with Gasteiger partial charge in [0.2, 0.25) is 0 Å². The van der Waals surface area contributed by atoms with Crippen LogP contribution in [0.15, 0.2) is 23.1 Å². The molecule has 3 heterocycles. The van der Waals surface area contributed by atoms with Crippen LogP contribution in [0.2, 0.25) is 0 Å². The van der Waals surface area contributed by atoms with Crippen LogP contribution in [0.25, 0.3) is 5.65 Å². The lowest BCUT2D eigenvalue weighted by Gasteiger charge is -2.07. The summed E-state index contributed by atoms with van der Waals surface area (Å²) < 4.78 is 6.96. The molecule has 0 aromatic carbocycles. The van der Waals surface area contributed by atoms with E-state index in [1.54, 1.807) is 12.4 Å². The highest BCUT2D eigenvalue weighted by molar-refractivity contribution is 5.64. The Balaban J connectivity index is 1.91. The van der Waals surface area contributed by atoms with Gasteiger partial charge < -0.3 is 20.0 Å². The van der Waals surface area contributed by atoms with E-state index < -0.39 is 0 Å². The lowest BCUT2D eigenvalue weighted by atomic mass is 10.2. The van der Waals surface area contributed by atoms with Gasteiger partial charge in [0, 0.05) is 24.5 Å². The molecule has 0 fully saturated rings. The van der Waals surface area contributed by atoms with Crippen molar-refractivity contribution in [2.75, 3.05) is 11.1 Å². The fourth-order valence-corrected chi connectivity index (χ4v) is 2.00. The minimum atomic E-state index is 0.437. The number of fused-ring (bicyclic) bond motifs is 1. The topological polar surface area (TPSA) is 94.3 Å². The zero-order chi connectivity index (χ0) is 13.4. The van der Waals surface area contributed by atoms with Gasteiger partial charge in [0.15, 0.2) is 11.5 Å². The second kappa shape index (κ2) is 4.27. The van der Waals surface area contributed by atoms with E-state index in [0.717, 1.165) is 22.7 Å². The summed E-state index contributed by atoms with van der Waals surface area (Å²) in [6.07, 6.45) is 5.26. The molecule has 0 aliphatic carbocycles. The van der Waals surface area contributed by atoms with E-state index in [2.05, 4.69) is 20.4 Å². The minimum Gasteiger partial charge on any atom is -0.382 e. The number of aryl methyl sites for hydroxylation is 2. The van der Waals surface area contributed by atoms with Crippen molar-refractivity contribution in [1.82, 2.24) is 19.5 Å². The van der Waals surface area contributed by atoms with Crippen LogP contribution >= 0.6 is 0 Å². The molecule has 3 rings (SSSR count). The predicted octanol–water partition coefficient (Wildman–Crippen LogP) is 1.53. The maximum absolute atomic E-state index is 5.76. The lowest BCUT2D eigenvalue weighted by molar-refractivity contribution is 0.392. The summed E-state index contributed by atoms with van der Waals surface area (Å²) in [4.78, 5) is 8.51. The monoisotopic (exact) mass is 258 g/mol. The maximum Gasteiger partial charge on any atom is 0.180 e. The molecule has 0 aliphatic rings. The lowest BCUT2D eigenvalue weighted by Crippen LogP contribution is -2.07. The molecule has 0 saturated heterocycles. The van der Waals surface area contributed by atoms with Crippen molar-refractivity contribution in [2.24, 2.45) is 0 Å². The molecular weight excluding hydrogens is 244 g/mol. The van der Waals surface area contributed by atoms with Gasteiger partial charge in [-0.05, 0) is 13.8 Å². The molecule has 0 bridgehead atoms. The molecule has 0 unspecified atom stereocenters. The zero-order valence-electron chi connectivity index (χ0n) is 10.7.